The maximum Gasteiger partial charge on any atom is 0.337 e. The number of ether oxygens (including phenoxy) is 3. The standard InChI is InChI=1S/C10H11BrO4/c1-13-9(12)7-3-5-8(6-4-7)15-10(11)14-2/h3-6,10H,1-2H3. The fourth-order valence-electron chi connectivity index (χ4n) is 0.943. The molecular formula is C10H11BrO4. The van der Waals surface area contributed by atoms with Crippen molar-refractivity contribution in [2.75, 3.05) is 14.2 Å². The number of methoxy groups -OCH3 is 2. The van der Waals surface area contributed by atoms with Crippen LogP contribution in [0, 0.1) is 0 Å². The number of carbonyl (C=O) groups is 1. The third-order valence-corrected chi connectivity index (χ3v) is 2.25. The van der Waals surface area contributed by atoms with E-state index in [1.807, 2.05) is 0 Å². The molecule has 4 nitrogen and oxygen atoms in total. The summed E-state index contributed by atoms with van der Waals surface area (Å²) in [6.07, 6.45) is 0. The fourth-order valence-corrected chi connectivity index (χ4v) is 1.16. The van der Waals surface area contributed by atoms with Gasteiger partial charge in [0.15, 0.2) is 0 Å². The van der Waals surface area contributed by atoms with E-state index >= 15 is 0 Å². The van der Waals surface area contributed by atoms with Crippen LogP contribution in [0.4, 0.5) is 0 Å². The topological polar surface area (TPSA) is 44.8 Å². The van der Waals surface area contributed by atoms with Crippen molar-refractivity contribution in [2.45, 2.75) is 5.20 Å². The summed E-state index contributed by atoms with van der Waals surface area (Å²) < 4.78 is 14.7. The molecule has 0 aliphatic heterocycles. The summed E-state index contributed by atoms with van der Waals surface area (Å²) >= 11 is 3.14. The SMILES string of the molecule is COC(=O)c1ccc(OC(Br)OC)cc1. The lowest BCUT2D eigenvalue weighted by Gasteiger charge is -2.10. The highest BCUT2D eigenvalue weighted by Gasteiger charge is 2.06. The molecule has 0 fully saturated rings. The molecule has 0 aliphatic carbocycles. The molecule has 0 saturated heterocycles. The van der Waals surface area contributed by atoms with E-state index in [-0.39, 0.29) is 5.97 Å². The van der Waals surface area contributed by atoms with Gasteiger partial charge in [0.25, 0.3) is 5.20 Å². The summed E-state index contributed by atoms with van der Waals surface area (Å²) in [5, 5.41) is -0.499. The molecule has 82 valence electrons. The highest BCUT2D eigenvalue weighted by Crippen LogP contribution is 2.16. The van der Waals surface area contributed by atoms with Crippen molar-refractivity contribution in [1.29, 1.82) is 0 Å². The van der Waals surface area contributed by atoms with Gasteiger partial charge in [-0.25, -0.2) is 4.79 Å². The van der Waals surface area contributed by atoms with Crippen LogP contribution in [-0.2, 0) is 9.47 Å². The van der Waals surface area contributed by atoms with Crippen LogP contribution in [0.2, 0.25) is 0 Å². The number of alkyl halides is 1. The molecule has 5 heteroatoms. The molecule has 1 unspecified atom stereocenters. The quantitative estimate of drug-likeness (QED) is 0.480. The van der Waals surface area contributed by atoms with Gasteiger partial charge in [0.2, 0.25) is 0 Å². The Hall–Kier alpha value is -1.07. The second kappa shape index (κ2) is 5.72. The van der Waals surface area contributed by atoms with Crippen molar-refractivity contribution in [3.05, 3.63) is 29.8 Å². The van der Waals surface area contributed by atoms with Gasteiger partial charge in [-0.1, -0.05) is 0 Å². The molecule has 0 aliphatic rings. The van der Waals surface area contributed by atoms with Crippen LogP contribution in [0.3, 0.4) is 0 Å². The zero-order valence-corrected chi connectivity index (χ0v) is 9.98. The molecule has 1 atom stereocenters. The second-order valence-corrected chi connectivity index (χ2v) is 3.39. The Balaban J connectivity index is 2.68. The molecule has 0 heterocycles. The van der Waals surface area contributed by atoms with Crippen LogP contribution < -0.4 is 4.74 Å². The monoisotopic (exact) mass is 274 g/mol. The third kappa shape index (κ3) is 3.53. The molecule has 1 aromatic carbocycles. The van der Waals surface area contributed by atoms with Gasteiger partial charge in [-0.05, 0) is 40.2 Å². The molecule has 1 rings (SSSR count). The number of hydrogen-bond donors (Lipinski definition) is 0. The lowest BCUT2D eigenvalue weighted by Crippen LogP contribution is -2.10. The fraction of sp³-hybridized carbons (Fsp3) is 0.300. The van der Waals surface area contributed by atoms with E-state index in [1.165, 1.54) is 14.2 Å². The molecule has 15 heavy (non-hydrogen) atoms. The van der Waals surface area contributed by atoms with E-state index in [1.54, 1.807) is 24.3 Å². The van der Waals surface area contributed by atoms with E-state index in [9.17, 15) is 4.79 Å². The first-order valence-electron chi connectivity index (χ1n) is 4.19. The van der Waals surface area contributed by atoms with Crippen LogP contribution in [-0.4, -0.2) is 25.4 Å². The molecule has 0 amide bonds. The van der Waals surface area contributed by atoms with Crippen molar-refractivity contribution < 1.29 is 19.0 Å². The molecule has 0 spiro atoms. The van der Waals surface area contributed by atoms with Gasteiger partial charge in [-0.2, -0.15) is 0 Å². The van der Waals surface area contributed by atoms with Crippen molar-refractivity contribution >= 4 is 21.9 Å². The van der Waals surface area contributed by atoms with Crippen LogP contribution in [0.5, 0.6) is 5.75 Å². The molecule has 0 saturated carbocycles. The van der Waals surface area contributed by atoms with Gasteiger partial charge in [-0.15, -0.1) is 0 Å². The van der Waals surface area contributed by atoms with Gasteiger partial charge in [0.05, 0.1) is 12.7 Å². The van der Waals surface area contributed by atoms with Gasteiger partial charge in [-0.3, -0.25) is 0 Å². The molecule has 0 bridgehead atoms. The Kier molecular flexibility index (Phi) is 4.58. The Morgan fingerprint density at radius 1 is 1.27 bits per heavy atom. The average Bonchev–Trinajstić information content (AvgIpc) is 2.29. The van der Waals surface area contributed by atoms with Crippen molar-refractivity contribution in [2.24, 2.45) is 0 Å². The summed E-state index contributed by atoms with van der Waals surface area (Å²) in [6, 6.07) is 6.58. The Bertz CT molecular complexity index is 323. The van der Waals surface area contributed by atoms with Gasteiger partial charge in [0.1, 0.15) is 5.75 Å². The summed E-state index contributed by atoms with van der Waals surface area (Å²) in [5.41, 5.74) is 0.480. The van der Waals surface area contributed by atoms with Crippen molar-refractivity contribution in [3.63, 3.8) is 0 Å². The lowest BCUT2D eigenvalue weighted by atomic mass is 10.2. The smallest absolute Gasteiger partial charge is 0.337 e. The molecule has 1 aromatic rings. The average molecular weight is 275 g/mol. The van der Waals surface area contributed by atoms with E-state index in [0.29, 0.717) is 11.3 Å². The molecular weight excluding hydrogens is 264 g/mol. The molecule has 0 N–H and O–H groups in total. The number of carbonyl (C=O) groups excluding carboxylic acids is 1. The van der Waals surface area contributed by atoms with Gasteiger partial charge < -0.3 is 14.2 Å². The number of halogens is 1. The Morgan fingerprint density at radius 2 is 1.87 bits per heavy atom. The molecule has 0 aromatic heterocycles. The van der Waals surface area contributed by atoms with E-state index in [2.05, 4.69) is 20.7 Å². The van der Waals surface area contributed by atoms with Gasteiger partial charge in [0, 0.05) is 7.11 Å². The minimum Gasteiger partial charge on any atom is -0.465 e. The van der Waals surface area contributed by atoms with Crippen LogP contribution in [0.15, 0.2) is 24.3 Å². The minimum absolute atomic E-state index is 0.372. The van der Waals surface area contributed by atoms with E-state index < -0.39 is 5.20 Å². The second-order valence-electron chi connectivity index (χ2n) is 2.64. The predicted molar refractivity (Wildman–Crippen MR) is 58.1 cm³/mol. The minimum atomic E-state index is -0.499. The summed E-state index contributed by atoms with van der Waals surface area (Å²) in [5.74, 6) is 0.232. The van der Waals surface area contributed by atoms with Crippen molar-refractivity contribution in [1.82, 2.24) is 0 Å². The first-order chi connectivity index (χ1) is 7.17. The third-order valence-electron chi connectivity index (χ3n) is 1.69. The molecule has 0 radical (unpaired) electrons. The van der Waals surface area contributed by atoms with E-state index in [0.717, 1.165) is 0 Å². The maximum atomic E-state index is 11.1. The van der Waals surface area contributed by atoms with Crippen LogP contribution >= 0.6 is 15.9 Å². The highest BCUT2D eigenvalue weighted by atomic mass is 79.9. The Labute approximate surface area is 96.3 Å². The number of rotatable bonds is 4. The highest BCUT2D eigenvalue weighted by molar-refractivity contribution is 9.09. The lowest BCUT2D eigenvalue weighted by molar-refractivity contribution is 0.0242. The zero-order chi connectivity index (χ0) is 11.3. The number of esters is 1. The normalized spacial score (nSPS) is 11.9. The number of benzene rings is 1. The van der Waals surface area contributed by atoms with Gasteiger partial charge >= 0.3 is 5.97 Å². The van der Waals surface area contributed by atoms with Crippen LogP contribution in [0.25, 0.3) is 0 Å². The first-order valence-corrected chi connectivity index (χ1v) is 5.11. The summed E-state index contributed by atoms with van der Waals surface area (Å²) in [4.78, 5) is 11.1. The van der Waals surface area contributed by atoms with Crippen molar-refractivity contribution in [3.8, 4) is 5.75 Å². The number of hydrogen-bond acceptors (Lipinski definition) is 4. The summed E-state index contributed by atoms with van der Waals surface area (Å²) in [7, 11) is 2.86. The summed E-state index contributed by atoms with van der Waals surface area (Å²) in [6.45, 7) is 0. The predicted octanol–water partition coefficient (Wildman–Crippen LogP) is 2.18. The largest absolute Gasteiger partial charge is 0.465 e. The maximum absolute atomic E-state index is 11.1. The zero-order valence-electron chi connectivity index (χ0n) is 8.40. The first kappa shape index (κ1) is 12.0. The Morgan fingerprint density at radius 3 is 2.33 bits per heavy atom. The van der Waals surface area contributed by atoms with E-state index in [4.69, 9.17) is 9.47 Å². The van der Waals surface area contributed by atoms with Crippen LogP contribution in [0.1, 0.15) is 10.4 Å².